The van der Waals surface area contributed by atoms with Gasteiger partial charge in [-0.3, -0.25) is 4.79 Å². The Morgan fingerprint density at radius 3 is 2.77 bits per heavy atom. The van der Waals surface area contributed by atoms with Crippen molar-refractivity contribution in [3.8, 4) is 0 Å². The van der Waals surface area contributed by atoms with Crippen molar-refractivity contribution in [2.45, 2.75) is 19.4 Å². The lowest BCUT2D eigenvalue weighted by atomic mass is 10.1. The van der Waals surface area contributed by atoms with E-state index in [0.717, 1.165) is 26.2 Å². The molecule has 0 aliphatic carbocycles. The molecule has 0 spiro atoms. The fraction of sp³-hybridized carbons (Fsp3) is 0.889. The third kappa shape index (κ3) is 2.97. The highest BCUT2D eigenvalue weighted by Gasteiger charge is 2.24. The Morgan fingerprint density at radius 1 is 1.54 bits per heavy atom. The van der Waals surface area contributed by atoms with Gasteiger partial charge >= 0.3 is 5.97 Å². The predicted octanol–water partition coefficient (Wildman–Crippen LogP) is 0.0970. The van der Waals surface area contributed by atoms with Gasteiger partial charge in [-0.1, -0.05) is 6.92 Å². The molecule has 0 aromatic carbocycles. The number of hydrogen-bond acceptors (Lipinski definition) is 3. The predicted molar refractivity (Wildman–Crippen MR) is 50.8 cm³/mol. The van der Waals surface area contributed by atoms with E-state index in [0.29, 0.717) is 0 Å². The molecule has 0 aromatic heterocycles. The molecule has 1 aliphatic rings. The van der Waals surface area contributed by atoms with Gasteiger partial charge in [0.15, 0.2) is 0 Å². The second kappa shape index (κ2) is 4.58. The lowest BCUT2D eigenvalue weighted by molar-refractivity contribution is -0.138. The van der Waals surface area contributed by atoms with Crippen LogP contribution in [-0.2, 0) is 4.79 Å². The lowest BCUT2D eigenvalue weighted by Crippen LogP contribution is -2.51. The molecule has 1 unspecified atom stereocenters. The van der Waals surface area contributed by atoms with E-state index in [9.17, 15) is 4.79 Å². The number of aliphatic carboxylic acids is 1. The number of carboxylic acids is 1. The van der Waals surface area contributed by atoms with Crippen LogP contribution in [-0.4, -0.2) is 60.1 Å². The fourth-order valence-electron chi connectivity index (χ4n) is 1.72. The highest BCUT2D eigenvalue weighted by molar-refractivity contribution is 5.67. The van der Waals surface area contributed by atoms with Gasteiger partial charge in [0.05, 0.1) is 6.42 Å². The summed E-state index contributed by atoms with van der Waals surface area (Å²) in [5.41, 5.74) is 0. The molecule has 1 fully saturated rings. The smallest absolute Gasteiger partial charge is 0.304 e. The summed E-state index contributed by atoms with van der Waals surface area (Å²) in [5, 5.41) is 8.70. The number of hydrogen-bond donors (Lipinski definition) is 1. The average molecular weight is 186 g/mol. The van der Waals surface area contributed by atoms with Crippen LogP contribution < -0.4 is 0 Å². The number of likely N-dealkylation sites (N-methyl/N-ethyl adjacent to an activating group) is 2. The van der Waals surface area contributed by atoms with Gasteiger partial charge in [0.25, 0.3) is 0 Å². The molecule has 0 radical (unpaired) electrons. The lowest BCUT2D eigenvalue weighted by Gasteiger charge is -2.38. The maximum Gasteiger partial charge on any atom is 0.304 e. The Balaban J connectivity index is 2.44. The zero-order chi connectivity index (χ0) is 9.84. The third-order valence-electron chi connectivity index (χ3n) is 2.72. The van der Waals surface area contributed by atoms with Gasteiger partial charge in [0.1, 0.15) is 0 Å². The van der Waals surface area contributed by atoms with Crippen molar-refractivity contribution in [1.82, 2.24) is 9.80 Å². The van der Waals surface area contributed by atoms with Crippen molar-refractivity contribution >= 4 is 5.97 Å². The molecule has 0 aromatic rings. The number of rotatable bonds is 3. The Bertz CT molecular complexity index is 184. The summed E-state index contributed by atoms with van der Waals surface area (Å²) in [4.78, 5) is 15.0. The second-order valence-corrected chi connectivity index (χ2v) is 3.63. The molecule has 1 saturated heterocycles. The summed E-state index contributed by atoms with van der Waals surface area (Å²) >= 11 is 0. The second-order valence-electron chi connectivity index (χ2n) is 3.63. The monoisotopic (exact) mass is 186 g/mol. The van der Waals surface area contributed by atoms with Crippen molar-refractivity contribution in [2.75, 3.05) is 33.2 Å². The molecular weight excluding hydrogens is 168 g/mol. The Hall–Kier alpha value is -0.610. The van der Waals surface area contributed by atoms with E-state index in [2.05, 4.69) is 16.7 Å². The number of piperazine rings is 1. The minimum Gasteiger partial charge on any atom is -0.481 e. The molecule has 0 amide bonds. The minimum absolute atomic E-state index is 0.186. The van der Waals surface area contributed by atoms with Gasteiger partial charge in [-0.15, -0.1) is 0 Å². The summed E-state index contributed by atoms with van der Waals surface area (Å²) < 4.78 is 0. The molecule has 4 nitrogen and oxygen atoms in total. The van der Waals surface area contributed by atoms with Crippen LogP contribution in [0.4, 0.5) is 0 Å². The van der Waals surface area contributed by atoms with E-state index < -0.39 is 5.97 Å². The van der Waals surface area contributed by atoms with Gasteiger partial charge in [-0.05, 0) is 13.6 Å². The summed E-state index contributed by atoms with van der Waals surface area (Å²) in [6.07, 6.45) is 0.257. The molecular formula is C9H18N2O2. The molecule has 1 aliphatic heterocycles. The van der Waals surface area contributed by atoms with Crippen molar-refractivity contribution in [1.29, 1.82) is 0 Å². The first-order valence-electron chi connectivity index (χ1n) is 4.78. The van der Waals surface area contributed by atoms with Gasteiger partial charge in [-0.25, -0.2) is 0 Å². The molecule has 1 N–H and O–H groups in total. The molecule has 76 valence electrons. The van der Waals surface area contributed by atoms with E-state index >= 15 is 0 Å². The fourth-order valence-corrected chi connectivity index (χ4v) is 1.72. The molecule has 0 bridgehead atoms. The number of carboxylic acid groups (broad SMARTS) is 1. The Morgan fingerprint density at radius 2 is 2.23 bits per heavy atom. The third-order valence-corrected chi connectivity index (χ3v) is 2.72. The Kier molecular flexibility index (Phi) is 3.69. The summed E-state index contributed by atoms with van der Waals surface area (Å²) in [6, 6.07) is 0.186. The zero-order valence-corrected chi connectivity index (χ0v) is 8.36. The van der Waals surface area contributed by atoms with Crippen LogP contribution in [0.15, 0.2) is 0 Å². The van der Waals surface area contributed by atoms with Crippen molar-refractivity contribution < 1.29 is 9.90 Å². The highest BCUT2D eigenvalue weighted by Crippen LogP contribution is 2.10. The average Bonchev–Trinajstić information content (AvgIpc) is 2.08. The van der Waals surface area contributed by atoms with E-state index in [4.69, 9.17) is 5.11 Å². The largest absolute Gasteiger partial charge is 0.481 e. The van der Waals surface area contributed by atoms with Gasteiger partial charge in [0.2, 0.25) is 0 Å². The topological polar surface area (TPSA) is 43.8 Å². The van der Waals surface area contributed by atoms with Crippen LogP contribution in [0.25, 0.3) is 0 Å². The van der Waals surface area contributed by atoms with Crippen molar-refractivity contribution in [3.63, 3.8) is 0 Å². The van der Waals surface area contributed by atoms with Crippen LogP contribution in [0.2, 0.25) is 0 Å². The van der Waals surface area contributed by atoms with Crippen molar-refractivity contribution in [2.24, 2.45) is 0 Å². The van der Waals surface area contributed by atoms with Gasteiger partial charge in [-0.2, -0.15) is 0 Å². The maximum absolute atomic E-state index is 10.6. The van der Waals surface area contributed by atoms with Gasteiger partial charge < -0.3 is 14.9 Å². The Labute approximate surface area is 79.1 Å². The van der Waals surface area contributed by atoms with Crippen LogP contribution >= 0.6 is 0 Å². The normalized spacial score (nSPS) is 26.2. The maximum atomic E-state index is 10.6. The van der Waals surface area contributed by atoms with Crippen LogP contribution in [0.5, 0.6) is 0 Å². The summed E-state index contributed by atoms with van der Waals surface area (Å²) in [6.45, 7) is 6.06. The van der Waals surface area contributed by atoms with E-state index in [1.807, 2.05) is 7.05 Å². The molecule has 0 saturated carbocycles. The first-order valence-corrected chi connectivity index (χ1v) is 4.78. The number of carbonyl (C=O) groups is 1. The number of nitrogens with zero attached hydrogens (tertiary/aromatic N) is 2. The molecule has 1 atom stereocenters. The standard InChI is InChI=1S/C9H18N2O2/c1-3-11-5-4-10(2)8(7-11)6-9(12)13/h8H,3-7H2,1-2H3,(H,12,13). The zero-order valence-electron chi connectivity index (χ0n) is 8.36. The van der Waals surface area contributed by atoms with E-state index in [1.165, 1.54) is 0 Å². The van der Waals surface area contributed by atoms with Gasteiger partial charge in [0, 0.05) is 25.7 Å². The SMILES string of the molecule is CCN1CCN(C)C(CC(=O)O)C1. The van der Waals surface area contributed by atoms with E-state index in [1.54, 1.807) is 0 Å². The van der Waals surface area contributed by atoms with Crippen LogP contribution in [0.1, 0.15) is 13.3 Å². The first kappa shape index (κ1) is 10.5. The summed E-state index contributed by atoms with van der Waals surface area (Å²) in [5.74, 6) is -0.699. The van der Waals surface area contributed by atoms with Crippen molar-refractivity contribution in [3.05, 3.63) is 0 Å². The highest BCUT2D eigenvalue weighted by atomic mass is 16.4. The van der Waals surface area contributed by atoms with E-state index in [-0.39, 0.29) is 12.5 Å². The molecule has 13 heavy (non-hydrogen) atoms. The molecule has 1 heterocycles. The molecule has 4 heteroatoms. The molecule has 1 rings (SSSR count). The minimum atomic E-state index is -0.699. The quantitative estimate of drug-likeness (QED) is 0.679. The first-order chi connectivity index (χ1) is 6.13. The van der Waals surface area contributed by atoms with Crippen LogP contribution in [0.3, 0.4) is 0 Å². The summed E-state index contributed by atoms with van der Waals surface area (Å²) in [7, 11) is 2.00. The van der Waals surface area contributed by atoms with Crippen LogP contribution in [0, 0.1) is 0 Å².